The van der Waals surface area contributed by atoms with Gasteiger partial charge in [0.15, 0.2) is 11.9 Å². The Morgan fingerprint density at radius 3 is 1.61 bits per heavy atom. The molecule has 4 aliphatic heterocycles. The zero-order chi connectivity index (χ0) is 75.2. The number of nitrogens with one attached hydrogen (secondary N) is 11. The molecule has 39 heteroatoms. The van der Waals surface area contributed by atoms with Crippen molar-refractivity contribution in [1.29, 1.82) is 0 Å². The SMILES string of the molecule is CSCC[C@H](NC(=O)[C@@H]1CCCN1C(=O)CNC(=O)[C@H](CCCCN)NC(=O)[C@H](Cc1cnc[nH]1)NC(=O)[C@H](CO)NC(=O)[C@H](CC(C)C)NC(=O)[C@H](CCCN=C(N)N)NC(=O)[C@@H]1CCCN1C(=O)[C@H](CCCN=C(N)N)NC(=O)[C@@H]1CCC(=O)N1)C(=O)N1CCC[C@H]1C(=O)N[C@@H](C)C(=O)O. The summed E-state index contributed by atoms with van der Waals surface area (Å²) in [6.45, 7) is 3.93. The van der Waals surface area contributed by atoms with Gasteiger partial charge in [-0.25, -0.2) is 4.98 Å². The molecular formula is C63H104N22O16S. The monoisotopic (exact) mass is 1460 g/mol. The number of hydrogen-bond acceptors (Lipinski definition) is 20. The number of rotatable bonds is 42. The molecule has 568 valence electrons. The summed E-state index contributed by atoms with van der Waals surface area (Å²) in [6.07, 6.45) is 7.67. The first-order valence-corrected chi connectivity index (χ1v) is 36.0. The zero-order valence-corrected chi connectivity index (χ0v) is 59.2. The van der Waals surface area contributed by atoms with E-state index < -0.39 is 163 Å². The number of aromatic nitrogens is 2. The van der Waals surface area contributed by atoms with Crippen molar-refractivity contribution in [1.82, 2.24) is 77.8 Å². The number of carbonyl (C=O) groups is 14. The van der Waals surface area contributed by atoms with Gasteiger partial charge in [0.1, 0.15) is 72.5 Å². The van der Waals surface area contributed by atoms with Crippen LogP contribution in [0.4, 0.5) is 0 Å². The molecule has 0 spiro atoms. The quantitative estimate of drug-likeness (QED) is 0.0164. The molecule has 0 radical (unpaired) electrons. The maximum absolute atomic E-state index is 14.5. The number of carboxylic acids is 1. The predicted octanol–water partition coefficient (Wildman–Crippen LogP) is -6.67. The maximum atomic E-state index is 14.5. The van der Waals surface area contributed by atoms with Gasteiger partial charge in [-0.05, 0) is 134 Å². The maximum Gasteiger partial charge on any atom is 0.325 e. The number of aliphatic carboxylic acids is 1. The van der Waals surface area contributed by atoms with Crippen LogP contribution in [-0.2, 0) is 73.5 Å². The fourth-order valence-corrected chi connectivity index (χ4v) is 12.8. The number of unbranched alkanes of at least 4 members (excludes halogenated alkanes) is 1. The number of carboxylic acid groups (broad SMARTS) is 1. The minimum absolute atomic E-state index is 0.00113. The van der Waals surface area contributed by atoms with E-state index in [0.717, 1.165) is 0 Å². The lowest BCUT2D eigenvalue weighted by Gasteiger charge is -2.31. The number of hydrogen-bond donors (Lipinski definition) is 18. The van der Waals surface area contributed by atoms with Crippen molar-refractivity contribution in [3.8, 4) is 0 Å². The van der Waals surface area contributed by atoms with E-state index in [-0.39, 0.29) is 146 Å². The Hall–Kier alpha value is -9.40. The number of thioether (sulfide) groups is 1. The van der Waals surface area contributed by atoms with Crippen LogP contribution in [0.2, 0.25) is 0 Å². The fraction of sp³-hybridized carbons (Fsp3) is 0.698. The third-order valence-corrected chi connectivity index (χ3v) is 18.4. The normalized spacial score (nSPS) is 19.4. The van der Waals surface area contributed by atoms with Crippen LogP contribution in [0.15, 0.2) is 22.5 Å². The number of H-pyrrole nitrogens is 1. The van der Waals surface area contributed by atoms with E-state index in [1.165, 1.54) is 45.9 Å². The summed E-state index contributed by atoms with van der Waals surface area (Å²) in [5.74, 6) is -10.9. The van der Waals surface area contributed by atoms with Gasteiger partial charge < -0.3 is 112 Å². The van der Waals surface area contributed by atoms with Crippen LogP contribution in [0, 0.1) is 5.92 Å². The van der Waals surface area contributed by atoms with Crippen molar-refractivity contribution in [2.75, 3.05) is 64.4 Å². The molecule has 1 aromatic heterocycles. The number of aromatic amines is 1. The first-order valence-electron chi connectivity index (χ1n) is 34.6. The minimum Gasteiger partial charge on any atom is -0.480 e. The molecule has 102 heavy (non-hydrogen) atoms. The van der Waals surface area contributed by atoms with Crippen molar-refractivity contribution >= 4 is 106 Å². The summed E-state index contributed by atoms with van der Waals surface area (Å²) >= 11 is 1.42. The van der Waals surface area contributed by atoms with Gasteiger partial charge in [0.2, 0.25) is 76.8 Å². The summed E-state index contributed by atoms with van der Waals surface area (Å²) < 4.78 is 0. The van der Waals surface area contributed by atoms with Gasteiger partial charge >= 0.3 is 5.97 Å². The van der Waals surface area contributed by atoms with E-state index >= 15 is 0 Å². The number of imidazole rings is 1. The lowest BCUT2D eigenvalue weighted by atomic mass is 10.0. The Morgan fingerprint density at radius 1 is 0.598 bits per heavy atom. The number of aliphatic hydroxyl groups excluding tert-OH is 1. The average Bonchev–Trinajstić information content (AvgIpc) is 1.61. The minimum atomic E-state index is -1.77. The van der Waals surface area contributed by atoms with E-state index in [2.05, 4.69) is 73.1 Å². The van der Waals surface area contributed by atoms with E-state index in [1.54, 1.807) is 13.8 Å². The van der Waals surface area contributed by atoms with Crippen LogP contribution in [0.1, 0.15) is 136 Å². The van der Waals surface area contributed by atoms with Gasteiger partial charge in [-0.15, -0.1) is 0 Å². The van der Waals surface area contributed by atoms with Crippen molar-refractivity contribution in [2.45, 2.75) is 209 Å². The number of guanidine groups is 2. The number of nitrogens with two attached hydrogens (primary N) is 5. The first kappa shape index (κ1) is 83.3. The third kappa shape index (κ3) is 26.2. The molecule has 38 nitrogen and oxygen atoms in total. The van der Waals surface area contributed by atoms with Crippen LogP contribution >= 0.6 is 11.8 Å². The Morgan fingerprint density at radius 2 is 1.08 bits per heavy atom. The molecule has 0 aromatic carbocycles. The molecule has 5 heterocycles. The smallest absolute Gasteiger partial charge is 0.325 e. The Balaban J connectivity index is 1.27. The molecule has 1 aromatic rings. The number of likely N-dealkylation sites (tertiary alicyclic amines) is 3. The number of carbonyl (C=O) groups excluding carboxylic acids is 13. The van der Waals surface area contributed by atoms with Gasteiger partial charge in [-0.3, -0.25) is 77.1 Å². The van der Waals surface area contributed by atoms with Gasteiger partial charge in [0, 0.05) is 57.5 Å². The van der Waals surface area contributed by atoms with Crippen LogP contribution in [0.25, 0.3) is 0 Å². The molecule has 13 amide bonds. The molecule has 4 saturated heterocycles. The highest BCUT2D eigenvalue weighted by atomic mass is 32.2. The second-order valence-corrected chi connectivity index (χ2v) is 27.0. The summed E-state index contributed by atoms with van der Waals surface area (Å²) in [5, 5.41) is 46.1. The third-order valence-electron chi connectivity index (χ3n) is 17.7. The predicted molar refractivity (Wildman–Crippen MR) is 372 cm³/mol. The second kappa shape index (κ2) is 42.1. The topological polar surface area (TPSA) is 593 Å². The highest BCUT2D eigenvalue weighted by Gasteiger charge is 2.43. The summed E-state index contributed by atoms with van der Waals surface area (Å²) in [4.78, 5) is 211. The van der Waals surface area contributed by atoms with Gasteiger partial charge in [0.25, 0.3) is 0 Å². The van der Waals surface area contributed by atoms with Crippen molar-refractivity contribution in [2.24, 2.45) is 44.6 Å². The molecule has 23 N–H and O–H groups in total. The summed E-state index contributed by atoms with van der Waals surface area (Å²) in [6, 6.07) is -14.9. The Bertz CT molecular complexity index is 3130. The van der Waals surface area contributed by atoms with Crippen molar-refractivity contribution in [3.63, 3.8) is 0 Å². The van der Waals surface area contributed by atoms with E-state index in [0.29, 0.717) is 43.6 Å². The molecule has 4 fully saturated rings. The molecule has 0 unspecified atom stereocenters. The van der Waals surface area contributed by atoms with E-state index in [9.17, 15) is 77.3 Å². The second-order valence-electron chi connectivity index (χ2n) is 26.1. The molecular weight excluding hydrogens is 1350 g/mol. The Labute approximate surface area is 595 Å². The largest absolute Gasteiger partial charge is 0.480 e. The molecule has 4 aliphatic rings. The summed E-state index contributed by atoms with van der Waals surface area (Å²) in [7, 11) is 0. The number of nitrogens with zero attached hydrogens (tertiary/aromatic N) is 6. The lowest BCUT2D eigenvalue weighted by Crippen LogP contribution is -2.61. The highest BCUT2D eigenvalue weighted by Crippen LogP contribution is 2.24. The summed E-state index contributed by atoms with van der Waals surface area (Å²) in [5.41, 5.74) is 28.3. The molecule has 5 rings (SSSR count). The molecule has 12 atom stereocenters. The number of amides is 13. The fourth-order valence-electron chi connectivity index (χ4n) is 12.3. The van der Waals surface area contributed by atoms with Crippen LogP contribution in [0.3, 0.4) is 0 Å². The molecule has 0 bridgehead atoms. The first-order chi connectivity index (χ1) is 48.6. The van der Waals surface area contributed by atoms with Gasteiger partial charge in [-0.1, -0.05) is 13.8 Å². The Kier molecular flexibility index (Phi) is 34.4. The average molecular weight is 1460 g/mol. The van der Waals surface area contributed by atoms with E-state index in [1.807, 2.05) is 6.26 Å². The standard InChI is InChI=1S/C63H104N22O16S/c1-34(2)28-42(80-51(90)38(13-7-22-70-62(65)66)77-58(97)47-17-11-26-85(47)59(98)40(14-8-23-71-63(67)68)78-52(91)39-18-19-48(87)75-39)53(92)82-44(32-86)55(94)81-43(29-36-30-69-33-73-36)54(93)76-37(12-5-6-21-64)50(89)72-31-49(88)83-24-9-15-45(83)57(96)79-41(20-27-102-4)60(99)84-25-10-16-46(84)56(95)74-35(3)61(100)101/h30,33-35,37-47,86H,5-29,31-32,64H2,1-4H3,(H,69,73)(H,72,89)(H,74,95)(H,75,87)(H,76,93)(H,77,97)(H,78,91)(H,79,96)(H,80,90)(H,81,94)(H,82,92)(H,100,101)(H4,65,66,70)(H4,67,68,71)/t35-,37-,38-,39-,40-,41-,42-,43-,44-,45-,46-,47-/m0/s1. The van der Waals surface area contributed by atoms with Gasteiger partial charge in [-0.2, -0.15) is 11.8 Å². The van der Waals surface area contributed by atoms with Gasteiger partial charge in [0.05, 0.1) is 19.5 Å². The van der Waals surface area contributed by atoms with Crippen molar-refractivity contribution < 1.29 is 77.3 Å². The molecule has 0 aliphatic carbocycles. The van der Waals surface area contributed by atoms with Crippen LogP contribution in [-0.4, -0.2) is 266 Å². The zero-order valence-electron chi connectivity index (χ0n) is 58.3. The number of aliphatic hydroxyl groups is 1. The highest BCUT2D eigenvalue weighted by molar-refractivity contribution is 7.98. The van der Waals surface area contributed by atoms with Crippen molar-refractivity contribution in [3.05, 3.63) is 18.2 Å². The molecule has 0 saturated carbocycles. The van der Waals surface area contributed by atoms with Crippen LogP contribution in [0.5, 0.6) is 0 Å². The number of aliphatic imine (C=N–C) groups is 2. The lowest BCUT2D eigenvalue weighted by molar-refractivity contribution is -0.145. The van der Waals surface area contributed by atoms with E-state index in [4.69, 9.17) is 28.7 Å². The van der Waals surface area contributed by atoms with Crippen LogP contribution < -0.4 is 81.8 Å².